The first kappa shape index (κ1) is 13.2. The highest BCUT2D eigenvalue weighted by Gasteiger charge is 2.04. The lowest BCUT2D eigenvalue weighted by Crippen LogP contribution is -2.15. The zero-order valence-electron chi connectivity index (χ0n) is 9.64. The van der Waals surface area contributed by atoms with Gasteiger partial charge in [-0.15, -0.1) is 0 Å². The van der Waals surface area contributed by atoms with Gasteiger partial charge in [-0.1, -0.05) is 22.0 Å². The van der Waals surface area contributed by atoms with Crippen molar-refractivity contribution in [3.05, 3.63) is 28.2 Å². The number of rotatable bonds is 5. The monoisotopic (exact) mass is 284 g/mol. The van der Waals surface area contributed by atoms with Crippen LogP contribution < -0.4 is 10.6 Å². The van der Waals surface area contributed by atoms with E-state index in [9.17, 15) is 4.79 Å². The van der Waals surface area contributed by atoms with Crippen LogP contribution in [-0.2, 0) is 4.79 Å². The zero-order chi connectivity index (χ0) is 12.0. The smallest absolute Gasteiger partial charge is 0.224 e. The molecule has 0 aliphatic rings. The number of carbonyl (C=O) groups is 1. The summed E-state index contributed by atoms with van der Waals surface area (Å²) in [6.45, 7) is 2.85. The zero-order valence-corrected chi connectivity index (χ0v) is 11.2. The van der Waals surface area contributed by atoms with Gasteiger partial charge in [-0.05, 0) is 44.6 Å². The van der Waals surface area contributed by atoms with Crippen molar-refractivity contribution in [2.45, 2.75) is 19.8 Å². The van der Waals surface area contributed by atoms with Gasteiger partial charge in [0.1, 0.15) is 0 Å². The molecule has 88 valence electrons. The Morgan fingerprint density at radius 1 is 1.44 bits per heavy atom. The Balaban J connectivity index is 2.52. The van der Waals surface area contributed by atoms with Crippen LogP contribution in [0, 0.1) is 6.92 Å². The SMILES string of the molecule is CNCCCC(=O)Nc1cc(Br)ccc1C. The Labute approximate surface area is 105 Å². The Morgan fingerprint density at radius 3 is 2.88 bits per heavy atom. The van der Waals surface area contributed by atoms with Gasteiger partial charge in [0.15, 0.2) is 0 Å². The van der Waals surface area contributed by atoms with Gasteiger partial charge in [0.25, 0.3) is 0 Å². The summed E-state index contributed by atoms with van der Waals surface area (Å²) >= 11 is 3.39. The molecule has 0 aliphatic carbocycles. The van der Waals surface area contributed by atoms with Crippen molar-refractivity contribution in [3.63, 3.8) is 0 Å². The molecule has 0 bridgehead atoms. The topological polar surface area (TPSA) is 41.1 Å². The number of hydrogen-bond donors (Lipinski definition) is 2. The average Bonchev–Trinajstić information content (AvgIpc) is 2.24. The molecule has 0 heterocycles. The van der Waals surface area contributed by atoms with Crippen LogP contribution in [0.3, 0.4) is 0 Å². The number of amides is 1. The first-order chi connectivity index (χ1) is 7.63. The van der Waals surface area contributed by atoms with Crippen LogP contribution >= 0.6 is 15.9 Å². The van der Waals surface area contributed by atoms with E-state index in [0.29, 0.717) is 6.42 Å². The van der Waals surface area contributed by atoms with Crippen molar-refractivity contribution in [1.82, 2.24) is 5.32 Å². The maximum Gasteiger partial charge on any atom is 0.224 e. The third-order valence-corrected chi connectivity index (χ3v) is 2.80. The van der Waals surface area contributed by atoms with Crippen LogP contribution in [-0.4, -0.2) is 19.5 Å². The Morgan fingerprint density at radius 2 is 2.19 bits per heavy atom. The van der Waals surface area contributed by atoms with Crippen molar-refractivity contribution in [3.8, 4) is 0 Å². The minimum atomic E-state index is 0.0662. The summed E-state index contributed by atoms with van der Waals surface area (Å²) in [4.78, 5) is 11.6. The van der Waals surface area contributed by atoms with E-state index in [1.54, 1.807) is 0 Å². The second-order valence-electron chi connectivity index (χ2n) is 3.71. The normalized spacial score (nSPS) is 10.2. The second kappa shape index (κ2) is 6.66. The molecular weight excluding hydrogens is 268 g/mol. The van der Waals surface area contributed by atoms with Gasteiger partial charge in [-0.25, -0.2) is 0 Å². The summed E-state index contributed by atoms with van der Waals surface area (Å²) in [6, 6.07) is 5.87. The van der Waals surface area contributed by atoms with Gasteiger partial charge < -0.3 is 10.6 Å². The van der Waals surface area contributed by atoms with Crippen molar-refractivity contribution in [2.75, 3.05) is 18.9 Å². The van der Waals surface area contributed by atoms with Gasteiger partial charge in [0, 0.05) is 16.6 Å². The Hall–Kier alpha value is -0.870. The molecule has 0 aromatic heterocycles. The molecule has 0 radical (unpaired) electrons. The predicted molar refractivity (Wildman–Crippen MR) is 70.7 cm³/mol. The number of hydrogen-bond acceptors (Lipinski definition) is 2. The Kier molecular flexibility index (Phi) is 5.49. The molecule has 1 amide bonds. The van der Waals surface area contributed by atoms with E-state index >= 15 is 0 Å². The van der Waals surface area contributed by atoms with Crippen LogP contribution in [0.4, 0.5) is 5.69 Å². The van der Waals surface area contributed by atoms with Crippen molar-refractivity contribution in [2.24, 2.45) is 0 Å². The molecule has 1 aromatic carbocycles. The highest BCUT2D eigenvalue weighted by Crippen LogP contribution is 2.20. The van der Waals surface area contributed by atoms with Crippen LogP contribution in [0.1, 0.15) is 18.4 Å². The lowest BCUT2D eigenvalue weighted by atomic mass is 10.2. The molecule has 0 fully saturated rings. The fraction of sp³-hybridized carbons (Fsp3) is 0.417. The highest BCUT2D eigenvalue weighted by atomic mass is 79.9. The van der Waals surface area contributed by atoms with Gasteiger partial charge in [0.2, 0.25) is 5.91 Å². The fourth-order valence-corrected chi connectivity index (χ4v) is 1.73. The largest absolute Gasteiger partial charge is 0.326 e. The van der Waals surface area contributed by atoms with Crippen molar-refractivity contribution in [1.29, 1.82) is 0 Å². The first-order valence-corrected chi connectivity index (χ1v) is 6.13. The maximum atomic E-state index is 11.6. The summed E-state index contributed by atoms with van der Waals surface area (Å²) in [5.41, 5.74) is 1.95. The van der Waals surface area contributed by atoms with Crippen LogP contribution in [0.2, 0.25) is 0 Å². The number of anilines is 1. The molecule has 1 aromatic rings. The van der Waals surface area contributed by atoms with Crippen LogP contribution in [0.5, 0.6) is 0 Å². The molecule has 2 N–H and O–H groups in total. The lowest BCUT2D eigenvalue weighted by Gasteiger charge is -2.08. The second-order valence-corrected chi connectivity index (χ2v) is 4.63. The number of aryl methyl sites for hydroxylation is 1. The van der Waals surface area contributed by atoms with E-state index in [-0.39, 0.29) is 5.91 Å². The van der Waals surface area contributed by atoms with E-state index in [1.165, 1.54) is 0 Å². The summed E-state index contributed by atoms with van der Waals surface area (Å²) in [5, 5.41) is 5.93. The highest BCUT2D eigenvalue weighted by molar-refractivity contribution is 9.10. The van der Waals surface area contributed by atoms with Crippen LogP contribution in [0.25, 0.3) is 0 Å². The molecule has 1 rings (SSSR count). The molecule has 0 saturated carbocycles. The summed E-state index contributed by atoms with van der Waals surface area (Å²) in [6.07, 6.45) is 1.40. The Bertz CT molecular complexity index is 366. The molecule has 0 unspecified atom stereocenters. The fourth-order valence-electron chi connectivity index (χ4n) is 1.37. The van der Waals surface area contributed by atoms with Gasteiger partial charge in [-0.2, -0.15) is 0 Å². The number of nitrogens with one attached hydrogen (secondary N) is 2. The van der Waals surface area contributed by atoms with E-state index < -0.39 is 0 Å². The molecular formula is C12H17BrN2O. The minimum absolute atomic E-state index is 0.0662. The lowest BCUT2D eigenvalue weighted by molar-refractivity contribution is -0.116. The van der Waals surface area contributed by atoms with Crippen molar-refractivity contribution < 1.29 is 4.79 Å². The average molecular weight is 285 g/mol. The van der Waals surface area contributed by atoms with E-state index in [4.69, 9.17) is 0 Å². The molecule has 0 aliphatic heterocycles. The van der Waals surface area contributed by atoms with Crippen molar-refractivity contribution >= 4 is 27.5 Å². The first-order valence-electron chi connectivity index (χ1n) is 5.34. The number of benzene rings is 1. The van der Waals surface area contributed by atoms with Gasteiger partial charge >= 0.3 is 0 Å². The molecule has 3 nitrogen and oxygen atoms in total. The molecule has 4 heteroatoms. The summed E-state index contributed by atoms with van der Waals surface area (Å²) < 4.78 is 0.976. The van der Waals surface area contributed by atoms with E-state index in [2.05, 4.69) is 26.6 Å². The summed E-state index contributed by atoms with van der Waals surface area (Å²) in [5.74, 6) is 0.0662. The minimum Gasteiger partial charge on any atom is -0.326 e. The van der Waals surface area contributed by atoms with Gasteiger partial charge in [-0.3, -0.25) is 4.79 Å². The molecule has 0 saturated heterocycles. The van der Waals surface area contributed by atoms with Gasteiger partial charge in [0.05, 0.1) is 0 Å². The third kappa shape index (κ3) is 4.33. The quantitative estimate of drug-likeness (QED) is 0.817. The molecule has 0 spiro atoms. The maximum absolute atomic E-state index is 11.6. The van der Waals surface area contributed by atoms with E-state index in [1.807, 2.05) is 32.2 Å². The molecule has 0 atom stereocenters. The van der Waals surface area contributed by atoms with E-state index in [0.717, 1.165) is 28.7 Å². The molecule has 16 heavy (non-hydrogen) atoms. The number of halogens is 1. The summed E-state index contributed by atoms with van der Waals surface area (Å²) in [7, 11) is 1.89. The number of carbonyl (C=O) groups excluding carboxylic acids is 1. The predicted octanol–water partition coefficient (Wildman–Crippen LogP) is 2.70. The third-order valence-electron chi connectivity index (χ3n) is 2.30. The standard InChI is InChI=1S/C12H17BrN2O/c1-9-5-6-10(13)8-11(9)15-12(16)4-3-7-14-2/h5-6,8,14H,3-4,7H2,1-2H3,(H,15,16). The van der Waals surface area contributed by atoms with Crippen LogP contribution in [0.15, 0.2) is 22.7 Å².